The van der Waals surface area contributed by atoms with Crippen molar-refractivity contribution in [3.8, 4) is 0 Å². The van der Waals surface area contributed by atoms with Crippen LogP contribution in [-0.2, 0) is 14.2 Å². The Kier molecular flexibility index (Phi) is 56.3. The molecule has 0 bridgehead atoms. The van der Waals surface area contributed by atoms with E-state index in [4.69, 9.17) is 14.2 Å². The van der Waals surface area contributed by atoms with E-state index in [1.165, 1.54) is 270 Å². The average Bonchev–Trinajstić information content (AvgIpc) is 3.39. The Morgan fingerprint density at radius 3 is 0.556 bits per heavy atom. The SMILES string of the molecule is CCCCCCCCCCCCCCCCCCNC(=O)OCC(CC)(COC(=O)NCCCCCCCCCCCCCCCCCC)COC(=O)NCCCCCCCCCCCCCCCCCC. The van der Waals surface area contributed by atoms with Crippen LogP contribution in [0.1, 0.15) is 342 Å². The van der Waals surface area contributed by atoms with Crippen LogP contribution in [0.25, 0.3) is 0 Å². The van der Waals surface area contributed by atoms with Crippen LogP contribution in [0, 0.1) is 5.41 Å². The van der Waals surface area contributed by atoms with Gasteiger partial charge in [0.2, 0.25) is 0 Å². The van der Waals surface area contributed by atoms with Gasteiger partial charge in [-0.3, -0.25) is 0 Å². The molecule has 3 N–H and O–H groups in total. The first kappa shape index (κ1) is 69.8. The zero-order chi connectivity index (χ0) is 52.4. The van der Waals surface area contributed by atoms with E-state index >= 15 is 0 Å². The maximum atomic E-state index is 12.8. The van der Waals surface area contributed by atoms with Crippen molar-refractivity contribution in [1.82, 2.24) is 16.0 Å². The molecular weight excluding hydrogens is 895 g/mol. The van der Waals surface area contributed by atoms with Crippen molar-refractivity contribution in [3.63, 3.8) is 0 Å². The lowest BCUT2D eigenvalue weighted by Gasteiger charge is -2.31. The van der Waals surface area contributed by atoms with Gasteiger partial charge in [-0.05, 0) is 25.7 Å². The molecule has 0 aromatic rings. The highest BCUT2D eigenvalue weighted by Crippen LogP contribution is 2.25. The zero-order valence-corrected chi connectivity index (χ0v) is 48.8. The van der Waals surface area contributed by atoms with Crippen LogP contribution in [0.15, 0.2) is 0 Å². The van der Waals surface area contributed by atoms with Crippen molar-refractivity contribution in [2.24, 2.45) is 5.41 Å². The molecule has 0 unspecified atom stereocenters. The highest BCUT2D eigenvalue weighted by Gasteiger charge is 2.34. The molecular formula is C63H125N3O6. The van der Waals surface area contributed by atoms with Gasteiger partial charge in [0.25, 0.3) is 0 Å². The van der Waals surface area contributed by atoms with Crippen molar-refractivity contribution in [3.05, 3.63) is 0 Å². The van der Waals surface area contributed by atoms with Gasteiger partial charge in [0.15, 0.2) is 0 Å². The average molecular weight is 1020 g/mol. The molecule has 0 aliphatic heterocycles. The number of hydrogen-bond acceptors (Lipinski definition) is 6. The van der Waals surface area contributed by atoms with Crippen molar-refractivity contribution >= 4 is 18.3 Å². The monoisotopic (exact) mass is 1020 g/mol. The number of amides is 3. The minimum atomic E-state index is -0.858. The second kappa shape index (κ2) is 58.1. The van der Waals surface area contributed by atoms with E-state index in [0.29, 0.717) is 26.1 Å². The third-order valence-electron chi connectivity index (χ3n) is 15.2. The standard InChI is InChI=1S/C63H125N3O6/c1-5-9-12-15-18-21-24-27-30-33-36-39-42-45-48-51-54-64-60(67)70-57-63(8-4,58-71-61(68)65-55-52-49-46-43-40-37-34-31-28-25-22-19-16-13-10-6-2)59-72-62(69)66-56-53-50-47-44-41-38-35-32-29-26-23-20-17-14-11-7-3/h5-59H2,1-4H3,(H,64,67)(H,65,68)(H,66,69). The fraction of sp³-hybridized carbons (Fsp3) is 0.952. The van der Waals surface area contributed by atoms with Crippen LogP contribution in [0.2, 0.25) is 0 Å². The molecule has 0 rings (SSSR count). The first-order chi connectivity index (χ1) is 35.4. The summed E-state index contributed by atoms with van der Waals surface area (Å²) in [5.74, 6) is 0. The largest absolute Gasteiger partial charge is 0.449 e. The molecule has 0 fully saturated rings. The maximum Gasteiger partial charge on any atom is 0.407 e. The molecule has 0 saturated carbocycles. The minimum Gasteiger partial charge on any atom is -0.449 e. The number of alkyl carbamates (subject to hydrolysis) is 3. The Balaban J connectivity index is 4.50. The summed E-state index contributed by atoms with van der Waals surface area (Å²) in [6.07, 6.45) is 61.8. The number of carbonyl (C=O) groups excluding carboxylic acids is 3. The fourth-order valence-corrected chi connectivity index (χ4v) is 9.83. The van der Waals surface area contributed by atoms with Crippen LogP contribution in [0.3, 0.4) is 0 Å². The molecule has 0 radical (unpaired) electrons. The Hall–Kier alpha value is -2.19. The van der Waals surface area contributed by atoms with Gasteiger partial charge in [-0.25, -0.2) is 14.4 Å². The zero-order valence-electron chi connectivity index (χ0n) is 48.8. The number of rotatable bonds is 58. The van der Waals surface area contributed by atoms with Crippen LogP contribution < -0.4 is 16.0 Å². The van der Waals surface area contributed by atoms with Gasteiger partial charge in [0.05, 0.1) is 5.41 Å². The Morgan fingerprint density at radius 1 is 0.250 bits per heavy atom. The van der Waals surface area contributed by atoms with E-state index in [1.807, 2.05) is 6.92 Å². The van der Waals surface area contributed by atoms with Gasteiger partial charge in [-0.15, -0.1) is 0 Å². The van der Waals surface area contributed by atoms with Crippen LogP contribution >= 0.6 is 0 Å². The summed E-state index contributed by atoms with van der Waals surface area (Å²) in [5.41, 5.74) is -0.858. The molecule has 0 aliphatic rings. The smallest absolute Gasteiger partial charge is 0.407 e. The quantitative estimate of drug-likeness (QED) is 0.0413. The van der Waals surface area contributed by atoms with Gasteiger partial charge in [0, 0.05) is 19.6 Å². The van der Waals surface area contributed by atoms with Crippen LogP contribution in [0.4, 0.5) is 14.4 Å². The van der Waals surface area contributed by atoms with E-state index in [-0.39, 0.29) is 19.8 Å². The highest BCUT2D eigenvalue weighted by molar-refractivity contribution is 5.68. The molecule has 0 heterocycles. The lowest BCUT2D eigenvalue weighted by atomic mass is 9.88. The summed E-state index contributed by atoms with van der Waals surface area (Å²) in [6, 6.07) is 0. The van der Waals surface area contributed by atoms with Crippen molar-refractivity contribution in [2.45, 2.75) is 342 Å². The molecule has 9 heteroatoms. The predicted octanol–water partition coefficient (Wildman–Crippen LogP) is 20.3. The van der Waals surface area contributed by atoms with Crippen LogP contribution in [0.5, 0.6) is 0 Å². The lowest BCUT2D eigenvalue weighted by Crippen LogP contribution is -2.42. The Morgan fingerprint density at radius 2 is 0.403 bits per heavy atom. The van der Waals surface area contributed by atoms with Crippen molar-refractivity contribution in [1.29, 1.82) is 0 Å². The second-order valence-corrected chi connectivity index (χ2v) is 22.3. The molecule has 0 aromatic carbocycles. The summed E-state index contributed by atoms with van der Waals surface area (Å²) >= 11 is 0. The summed E-state index contributed by atoms with van der Waals surface area (Å²) in [4.78, 5) is 38.5. The van der Waals surface area contributed by atoms with E-state index in [1.54, 1.807) is 0 Å². The summed E-state index contributed by atoms with van der Waals surface area (Å²) in [6.45, 7) is 10.4. The Labute approximate surface area is 448 Å². The molecule has 0 aliphatic carbocycles. The van der Waals surface area contributed by atoms with E-state index < -0.39 is 23.7 Å². The van der Waals surface area contributed by atoms with Crippen LogP contribution in [-0.4, -0.2) is 57.7 Å². The van der Waals surface area contributed by atoms with Gasteiger partial charge < -0.3 is 30.2 Å². The van der Waals surface area contributed by atoms with Gasteiger partial charge in [0.1, 0.15) is 19.8 Å². The molecule has 72 heavy (non-hydrogen) atoms. The number of nitrogens with one attached hydrogen (secondary N) is 3. The summed E-state index contributed by atoms with van der Waals surface area (Å²) < 4.78 is 17.1. The fourth-order valence-electron chi connectivity index (χ4n) is 9.83. The topological polar surface area (TPSA) is 115 Å². The molecule has 0 aromatic heterocycles. The van der Waals surface area contributed by atoms with Gasteiger partial charge in [-0.1, -0.05) is 317 Å². The molecule has 0 spiro atoms. The minimum absolute atomic E-state index is 0.0207. The maximum absolute atomic E-state index is 12.8. The lowest BCUT2D eigenvalue weighted by molar-refractivity contribution is -0.0175. The van der Waals surface area contributed by atoms with E-state index in [9.17, 15) is 14.4 Å². The molecule has 0 saturated heterocycles. The van der Waals surface area contributed by atoms with E-state index in [2.05, 4.69) is 36.7 Å². The Bertz CT molecular complexity index is 992. The number of hydrogen-bond donors (Lipinski definition) is 3. The number of unbranched alkanes of at least 4 members (excludes halogenated alkanes) is 45. The third-order valence-corrected chi connectivity index (χ3v) is 15.2. The molecule has 428 valence electrons. The third kappa shape index (κ3) is 52.7. The normalized spacial score (nSPS) is 11.5. The first-order valence-electron chi connectivity index (χ1n) is 32.1. The summed E-state index contributed by atoms with van der Waals surface area (Å²) in [7, 11) is 0. The second-order valence-electron chi connectivity index (χ2n) is 22.3. The summed E-state index contributed by atoms with van der Waals surface area (Å²) in [5, 5.41) is 8.72. The van der Waals surface area contributed by atoms with Gasteiger partial charge >= 0.3 is 18.3 Å². The van der Waals surface area contributed by atoms with Gasteiger partial charge in [-0.2, -0.15) is 0 Å². The van der Waals surface area contributed by atoms with Crippen molar-refractivity contribution in [2.75, 3.05) is 39.5 Å². The number of ether oxygens (including phenoxy) is 3. The van der Waals surface area contributed by atoms with Crippen molar-refractivity contribution < 1.29 is 28.6 Å². The number of carbonyl (C=O) groups is 3. The molecule has 9 nitrogen and oxygen atoms in total. The predicted molar refractivity (Wildman–Crippen MR) is 309 cm³/mol. The molecule has 0 atom stereocenters. The highest BCUT2D eigenvalue weighted by atomic mass is 16.6. The molecule has 3 amide bonds. The first-order valence-corrected chi connectivity index (χ1v) is 32.1. The van der Waals surface area contributed by atoms with E-state index in [0.717, 1.165) is 38.5 Å².